The maximum absolute atomic E-state index is 4.51. The molecule has 1 aliphatic heterocycles. The van der Waals surface area contributed by atoms with Crippen LogP contribution in [-0.4, -0.2) is 18.9 Å². The van der Waals surface area contributed by atoms with Gasteiger partial charge < -0.3 is 5.32 Å². The van der Waals surface area contributed by atoms with Gasteiger partial charge in [0.1, 0.15) is 0 Å². The Morgan fingerprint density at radius 1 is 0.900 bits per heavy atom. The van der Waals surface area contributed by atoms with Gasteiger partial charge in [0, 0.05) is 12.5 Å². The third-order valence-corrected chi connectivity index (χ3v) is 4.41. The molecular formula is C18H36N2. The zero-order valence-electron chi connectivity index (χ0n) is 13.9. The van der Waals surface area contributed by atoms with E-state index in [1.165, 1.54) is 82.9 Å². The first-order valence-electron chi connectivity index (χ1n) is 9.12. The van der Waals surface area contributed by atoms with Crippen LogP contribution in [0.15, 0.2) is 4.99 Å². The summed E-state index contributed by atoms with van der Waals surface area (Å²) in [4.78, 5) is 4.51. The van der Waals surface area contributed by atoms with Crippen molar-refractivity contribution in [3.05, 3.63) is 0 Å². The van der Waals surface area contributed by atoms with Crippen LogP contribution >= 0.6 is 0 Å². The highest BCUT2D eigenvalue weighted by Gasteiger charge is 2.12. The standard InChI is InChI=1S/C18H36N2/c1-3-4-5-6-7-8-9-10-11-12-13-14-17(2)18-19-15-16-20-18/h17H,3-16H2,1-2H3,(H,19,20). The summed E-state index contributed by atoms with van der Waals surface area (Å²) in [5.74, 6) is 1.91. The van der Waals surface area contributed by atoms with Crippen LogP contribution in [0.2, 0.25) is 0 Å². The number of nitrogens with one attached hydrogen (secondary N) is 1. The van der Waals surface area contributed by atoms with Crippen molar-refractivity contribution < 1.29 is 0 Å². The van der Waals surface area contributed by atoms with Crippen molar-refractivity contribution in [2.45, 2.75) is 90.9 Å². The SMILES string of the molecule is CCCCCCCCCCCCCC(C)C1=NCCN1. The predicted octanol–water partition coefficient (Wildman–Crippen LogP) is 5.33. The molecule has 20 heavy (non-hydrogen) atoms. The Morgan fingerprint density at radius 3 is 1.95 bits per heavy atom. The van der Waals surface area contributed by atoms with Gasteiger partial charge in [-0.05, 0) is 6.42 Å². The minimum absolute atomic E-state index is 0.649. The number of rotatable bonds is 13. The normalized spacial score (nSPS) is 16.0. The Hall–Kier alpha value is -0.530. The molecule has 0 fully saturated rings. The number of nitrogens with zero attached hydrogens (tertiary/aromatic N) is 1. The molecule has 1 aliphatic rings. The van der Waals surface area contributed by atoms with Crippen LogP contribution in [-0.2, 0) is 0 Å². The molecular weight excluding hydrogens is 244 g/mol. The molecule has 0 saturated carbocycles. The van der Waals surface area contributed by atoms with Gasteiger partial charge in [0.05, 0.1) is 12.4 Å². The molecule has 0 amide bonds. The van der Waals surface area contributed by atoms with E-state index in [0.717, 1.165) is 13.1 Å². The number of hydrogen-bond donors (Lipinski definition) is 1. The van der Waals surface area contributed by atoms with Crippen molar-refractivity contribution in [3.8, 4) is 0 Å². The molecule has 0 aromatic rings. The van der Waals surface area contributed by atoms with Crippen LogP contribution < -0.4 is 5.32 Å². The number of aliphatic imine (C=N–C) groups is 1. The molecule has 1 rings (SSSR count). The van der Waals surface area contributed by atoms with Gasteiger partial charge in [-0.2, -0.15) is 0 Å². The Balaban J connectivity index is 1.78. The van der Waals surface area contributed by atoms with E-state index in [9.17, 15) is 0 Å². The van der Waals surface area contributed by atoms with Crippen LogP contribution in [0.25, 0.3) is 0 Å². The summed E-state index contributed by atoms with van der Waals surface area (Å²) in [6.45, 7) is 6.64. The van der Waals surface area contributed by atoms with E-state index in [-0.39, 0.29) is 0 Å². The molecule has 0 bridgehead atoms. The zero-order valence-corrected chi connectivity index (χ0v) is 13.9. The first-order valence-corrected chi connectivity index (χ1v) is 9.12. The maximum Gasteiger partial charge on any atom is 0.0993 e. The van der Waals surface area contributed by atoms with E-state index >= 15 is 0 Å². The molecule has 1 unspecified atom stereocenters. The molecule has 0 saturated heterocycles. The highest BCUT2D eigenvalue weighted by atomic mass is 15.1. The van der Waals surface area contributed by atoms with Crippen LogP contribution in [0, 0.1) is 5.92 Å². The Kier molecular flexibility index (Phi) is 10.7. The molecule has 0 aliphatic carbocycles. The third kappa shape index (κ3) is 8.60. The van der Waals surface area contributed by atoms with Gasteiger partial charge >= 0.3 is 0 Å². The van der Waals surface area contributed by atoms with E-state index in [1.807, 2.05) is 0 Å². The lowest BCUT2D eigenvalue weighted by atomic mass is 10.0. The van der Waals surface area contributed by atoms with Gasteiger partial charge in [0.25, 0.3) is 0 Å². The Labute approximate surface area is 126 Å². The maximum atomic E-state index is 4.51. The molecule has 1 N–H and O–H groups in total. The van der Waals surface area contributed by atoms with Crippen molar-refractivity contribution in [2.24, 2.45) is 10.9 Å². The van der Waals surface area contributed by atoms with Gasteiger partial charge in [-0.15, -0.1) is 0 Å². The first kappa shape index (κ1) is 17.5. The third-order valence-electron chi connectivity index (χ3n) is 4.41. The van der Waals surface area contributed by atoms with Crippen molar-refractivity contribution in [1.82, 2.24) is 5.32 Å². The van der Waals surface area contributed by atoms with Gasteiger partial charge in [-0.3, -0.25) is 4.99 Å². The lowest BCUT2D eigenvalue weighted by molar-refractivity contribution is 0.529. The van der Waals surface area contributed by atoms with Gasteiger partial charge in [0.15, 0.2) is 0 Å². The molecule has 0 aromatic heterocycles. The summed E-state index contributed by atoms with van der Waals surface area (Å²) in [5.41, 5.74) is 0. The second-order valence-corrected chi connectivity index (χ2v) is 6.42. The van der Waals surface area contributed by atoms with Gasteiger partial charge in [-0.25, -0.2) is 0 Å². The van der Waals surface area contributed by atoms with E-state index in [0.29, 0.717) is 5.92 Å². The van der Waals surface area contributed by atoms with Crippen molar-refractivity contribution in [1.29, 1.82) is 0 Å². The highest BCUT2D eigenvalue weighted by Crippen LogP contribution is 2.15. The van der Waals surface area contributed by atoms with Crippen molar-refractivity contribution in [3.63, 3.8) is 0 Å². The highest BCUT2D eigenvalue weighted by molar-refractivity contribution is 5.85. The monoisotopic (exact) mass is 280 g/mol. The van der Waals surface area contributed by atoms with Crippen LogP contribution in [0.3, 0.4) is 0 Å². The summed E-state index contributed by atoms with van der Waals surface area (Å²) in [5, 5.41) is 3.40. The average Bonchev–Trinajstić information content (AvgIpc) is 2.99. The van der Waals surface area contributed by atoms with E-state index in [4.69, 9.17) is 0 Å². The minimum Gasteiger partial charge on any atom is -0.372 e. The lowest BCUT2D eigenvalue weighted by Gasteiger charge is -2.11. The summed E-state index contributed by atoms with van der Waals surface area (Å²) in [7, 11) is 0. The molecule has 1 heterocycles. The predicted molar refractivity (Wildman–Crippen MR) is 90.5 cm³/mol. The number of amidine groups is 1. The van der Waals surface area contributed by atoms with Gasteiger partial charge in [-0.1, -0.05) is 84.5 Å². The van der Waals surface area contributed by atoms with Gasteiger partial charge in [0.2, 0.25) is 0 Å². The summed E-state index contributed by atoms with van der Waals surface area (Å²) in [6, 6.07) is 0. The Bertz CT molecular complexity index is 248. The molecule has 2 nitrogen and oxygen atoms in total. The largest absolute Gasteiger partial charge is 0.372 e. The van der Waals surface area contributed by atoms with Crippen LogP contribution in [0.1, 0.15) is 90.9 Å². The summed E-state index contributed by atoms with van der Waals surface area (Å²) in [6.07, 6.45) is 17.0. The Morgan fingerprint density at radius 2 is 1.45 bits per heavy atom. The lowest BCUT2D eigenvalue weighted by Crippen LogP contribution is -2.25. The fourth-order valence-corrected chi connectivity index (χ4v) is 3.00. The second kappa shape index (κ2) is 12.2. The number of hydrogen-bond acceptors (Lipinski definition) is 2. The molecule has 0 spiro atoms. The minimum atomic E-state index is 0.649. The quantitative estimate of drug-likeness (QED) is 0.453. The first-order chi connectivity index (χ1) is 9.84. The summed E-state index contributed by atoms with van der Waals surface area (Å²) < 4.78 is 0. The van der Waals surface area contributed by atoms with E-state index < -0.39 is 0 Å². The molecule has 2 heteroatoms. The summed E-state index contributed by atoms with van der Waals surface area (Å²) >= 11 is 0. The molecule has 0 aromatic carbocycles. The smallest absolute Gasteiger partial charge is 0.0993 e. The van der Waals surface area contributed by atoms with Crippen molar-refractivity contribution >= 4 is 5.84 Å². The van der Waals surface area contributed by atoms with Crippen LogP contribution in [0.4, 0.5) is 0 Å². The fourth-order valence-electron chi connectivity index (χ4n) is 3.00. The van der Waals surface area contributed by atoms with E-state index in [1.54, 1.807) is 0 Å². The molecule has 0 radical (unpaired) electrons. The van der Waals surface area contributed by atoms with Crippen molar-refractivity contribution in [2.75, 3.05) is 13.1 Å². The van der Waals surface area contributed by atoms with Crippen LogP contribution in [0.5, 0.6) is 0 Å². The zero-order chi connectivity index (χ0) is 14.5. The average molecular weight is 280 g/mol. The van der Waals surface area contributed by atoms with E-state index in [2.05, 4.69) is 24.2 Å². The molecule has 1 atom stereocenters. The number of unbranched alkanes of at least 4 members (excludes halogenated alkanes) is 10. The molecule has 118 valence electrons. The second-order valence-electron chi connectivity index (χ2n) is 6.42. The fraction of sp³-hybridized carbons (Fsp3) is 0.944. The topological polar surface area (TPSA) is 24.4 Å².